The summed E-state index contributed by atoms with van der Waals surface area (Å²) in [6, 6.07) is 3.72. The van der Waals surface area contributed by atoms with Gasteiger partial charge in [0, 0.05) is 37.1 Å². The van der Waals surface area contributed by atoms with Gasteiger partial charge in [-0.3, -0.25) is 24.3 Å². The van der Waals surface area contributed by atoms with E-state index < -0.39 is 23.6 Å². The Kier molecular flexibility index (Phi) is 5.36. The molecule has 0 saturated carbocycles. The molecule has 2 aromatic heterocycles. The first-order chi connectivity index (χ1) is 15.1. The number of aromatic nitrogens is 3. The number of amides is 3. The number of nitrogens with zero attached hydrogens (tertiary/aromatic N) is 5. The largest absolute Gasteiger partial charge is 0.417 e. The predicted octanol–water partition coefficient (Wildman–Crippen LogP) is 1.84. The molecule has 0 spiro atoms. The number of anilines is 1. The van der Waals surface area contributed by atoms with Gasteiger partial charge in [-0.05, 0) is 31.0 Å². The van der Waals surface area contributed by atoms with Crippen molar-refractivity contribution in [1.82, 2.24) is 25.0 Å². The van der Waals surface area contributed by atoms with Crippen molar-refractivity contribution >= 4 is 23.5 Å². The average molecular weight is 446 g/mol. The second kappa shape index (κ2) is 8.02. The van der Waals surface area contributed by atoms with E-state index >= 15 is 0 Å². The maximum atomic E-state index is 12.9. The summed E-state index contributed by atoms with van der Waals surface area (Å²) >= 11 is 0. The minimum absolute atomic E-state index is 0.0934. The smallest absolute Gasteiger partial charge is 0.357 e. The highest BCUT2D eigenvalue weighted by Gasteiger charge is 2.40. The van der Waals surface area contributed by atoms with E-state index in [1.54, 1.807) is 4.90 Å². The fourth-order valence-corrected chi connectivity index (χ4v) is 3.60. The first kappa shape index (κ1) is 21.4. The molecule has 2 aliphatic rings. The van der Waals surface area contributed by atoms with Crippen molar-refractivity contribution in [2.24, 2.45) is 0 Å². The molecule has 0 fully saturated rings. The van der Waals surface area contributed by atoms with E-state index in [4.69, 9.17) is 0 Å². The van der Waals surface area contributed by atoms with Gasteiger partial charge in [-0.1, -0.05) is 0 Å². The maximum absolute atomic E-state index is 12.9. The van der Waals surface area contributed by atoms with Crippen LogP contribution in [0.3, 0.4) is 0 Å². The van der Waals surface area contributed by atoms with E-state index in [2.05, 4.69) is 20.5 Å². The van der Waals surface area contributed by atoms with Gasteiger partial charge in [0.15, 0.2) is 5.82 Å². The Balaban J connectivity index is 1.44. The molecule has 2 aliphatic heterocycles. The zero-order chi connectivity index (χ0) is 23.0. The van der Waals surface area contributed by atoms with E-state index in [0.717, 1.165) is 11.0 Å². The van der Waals surface area contributed by atoms with Crippen molar-refractivity contribution in [2.45, 2.75) is 19.0 Å². The molecule has 9 nitrogen and oxygen atoms in total. The molecule has 0 atom stereocenters. The Labute approximate surface area is 179 Å². The summed E-state index contributed by atoms with van der Waals surface area (Å²) in [6.45, 7) is 0.291. The van der Waals surface area contributed by atoms with Crippen LogP contribution in [0, 0.1) is 0 Å². The van der Waals surface area contributed by atoms with Crippen molar-refractivity contribution in [3.05, 3.63) is 47.4 Å². The summed E-state index contributed by atoms with van der Waals surface area (Å²) in [4.78, 5) is 43.1. The molecule has 0 aromatic carbocycles. The van der Waals surface area contributed by atoms with Crippen LogP contribution in [-0.4, -0.2) is 62.8 Å². The molecule has 4 heterocycles. The number of hydrogen-bond donors (Lipinski definition) is 1. The lowest BCUT2D eigenvalue weighted by Crippen LogP contribution is -2.38. The number of rotatable bonds is 4. The molecule has 3 amide bonds. The highest BCUT2D eigenvalue weighted by molar-refractivity contribution is 6.19. The zero-order valence-corrected chi connectivity index (χ0v) is 16.8. The highest BCUT2D eigenvalue weighted by Crippen LogP contribution is 2.31. The molecule has 4 rings (SSSR count). The van der Waals surface area contributed by atoms with E-state index in [1.165, 1.54) is 25.4 Å². The van der Waals surface area contributed by atoms with Gasteiger partial charge in [-0.2, -0.15) is 13.2 Å². The van der Waals surface area contributed by atoms with Crippen LogP contribution in [0.1, 0.15) is 18.4 Å². The van der Waals surface area contributed by atoms with Crippen LogP contribution < -0.4 is 5.32 Å². The number of carbonyl (C=O) groups is 3. The summed E-state index contributed by atoms with van der Waals surface area (Å²) in [5, 5.41) is 10.2. The van der Waals surface area contributed by atoms with Crippen LogP contribution >= 0.6 is 0 Å². The van der Waals surface area contributed by atoms with Crippen LogP contribution in [0.15, 0.2) is 41.9 Å². The average Bonchev–Trinajstić information content (AvgIpc) is 2.98. The summed E-state index contributed by atoms with van der Waals surface area (Å²) < 4.78 is 38.6. The van der Waals surface area contributed by atoms with Gasteiger partial charge in [-0.25, -0.2) is 0 Å². The number of hydrogen-bond acceptors (Lipinski definition) is 7. The maximum Gasteiger partial charge on any atom is 0.417 e. The van der Waals surface area contributed by atoms with E-state index in [9.17, 15) is 27.6 Å². The molecular formula is C20H17F3N6O3. The zero-order valence-electron chi connectivity index (χ0n) is 16.8. The fraction of sp³-hybridized carbons (Fsp3) is 0.300. The minimum Gasteiger partial charge on any atom is -0.357 e. The third-order valence-corrected chi connectivity index (χ3v) is 5.15. The quantitative estimate of drug-likeness (QED) is 0.714. The molecule has 0 bridgehead atoms. The molecule has 12 heteroatoms. The fourth-order valence-electron chi connectivity index (χ4n) is 3.60. The normalized spacial score (nSPS) is 16.5. The highest BCUT2D eigenvalue weighted by atomic mass is 19.4. The number of likely N-dealkylation sites (N-methyl/N-ethyl adjacent to an activating group) is 1. The summed E-state index contributed by atoms with van der Waals surface area (Å²) in [7, 11) is 1.40. The molecule has 0 saturated heterocycles. The topological polar surface area (TPSA) is 108 Å². The van der Waals surface area contributed by atoms with Gasteiger partial charge >= 0.3 is 6.18 Å². The third kappa shape index (κ3) is 4.03. The van der Waals surface area contributed by atoms with E-state index in [0.29, 0.717) is 31.2 Å². The Morgan fingerprint density at radius 1 is 1.16 bits per heavy atom. The lowest BCUT2D eigenvalue weighted by Gasteiger charge is -2.28. The Morgan fingerprint density at radius 3 is 2.62 bits per heavy atom. The van der Waals surface area contributed by atoms with Gasteiger partial charge < -0.3 is 10.2 Å². The van der Waals surface area contributed by atoms with Crippen LogP contribution in [0.2, 0.25) is 0 Å². The first-order valence-corrected chi connectivity index (χ1v) is 9.62. The molecule has 2 aromatic rings. The molecule has 0 radical (unpaired) electrons. The van der Waals surface area contributed by atoms with Crippen LogP contribution in [-0.2, 0) is 20.6 Å². The number of alkyl halides is 3. The predicted molar refractivity (Wildman–Crippen MR) is 105 cm³/mol. The van der Waals surface area contributed by atoms with Gasteiger partial charge in [0.05, 0.1) is 17.8 Å². The van der Waals surface area contributed by atoms with Gasteiger partial charge in [-0.15, -0.1) is 10.2 Å². The molecule has 32 heavy (non-hydrogen) atoms. The lowest BCUT2D eigenvalue weighted by molar-refractivity contribution is -0.138. The van der Waals surface area contributed by atoms with Gasteiger partial charge in [0.25, 0.3) is 11.8 Å². The molecular weight excluding hydrogens is 429 g/mol. The summed E-state index contributed by atoms with van der Waals surface area (Å²) in [5.41, 5.74) is 0.0415. The minimum atomic E-state index is -4.53. The standard InChI is InChI=1S/C20H17F3N6O3/c1-28-18(31)13-3-2-6-29(17(13)19(28)32)10-16(30)25-15-5-4-14(26-27-15)11-7-12(9-24-8-11)20(21,22)23/h4-5,7-9H,2-3,6,10H2,1H3,(H,25,27,30). The molecule has 0 aliphatic carbocycles. The second-order valence-electron chi connectivity index (χ2n) is 7.33. The number of imide groups is 1. The summed E-state index contributed by atoms with van der Waals surface area (Å²) in [5.74, 6) is -1.16. The lowest BCUT2D eigenvalue weighted by atomic mass is 10.0. The Hall–Kier alpha value is -3.83. The Bertz CT molecular complexity index is 1130. The van der Waals surface area contributed by atoms with Crippen molar-refractivity contribution < 1.29 is 27.6 Å². The number of nitrogens with one attached hydrogen (secondary N) is 1. The SMILES string of the molecule is CN1C(=O)C2=C(C1=O)N(CC(=O)Nc1ccc(-c3cncc(C(F)(F)F)c3)nn1)CCC2. The van der Waals surface area contributed by atoms with Crippen molar-refractivity contribution in [3.8, 4) is 11.3 Å². The van der Waals surface area contributed by atoms with Crippen LogP contribution in [0.25, 0.3) is 11.3 Å². The van der Waals surface area contributed by atoms with Crippen molar-refractivity contribution in [2.75, 3.05) is 25.5 Å². The van der Waals surface area contributed by atoms with Crippen molar-refractivity contribution in [3.63, 3.8) is 0 Å². The van der Waals surface area contributed by atoms with E-state index in [1.807, 2.05) is 0 Å². The van der Waals surface area contributed by atoms with E-state index in [-0.39, 0.29) is 35.2 Å². The first-order valence-electron chi connectivity index (χ1n) is 9.62. The summed E-state index contributed by atoms with van der Waals surface area (Å²) in [6.07, 6.45) is -1.46. The second-order valence-corrected chi connectivity index (χ2v) is 7.33. The number of halogens is 3. The molecule has 1 N–H and O–H groups in total. The molecule has 166 valence electrons. The third-order valence-electron chi connectivity index (χ3n) is 5.15. The monoisotopic (exact) mass is 446 g/mol. The van der Waals surface area contributed by atoms with Gasteiger partial charge in [0.2, 0.25) is 5.91 Å². The van der Waals surface area contributed by atoms with Crippen LogP contribution in [0.4, 0.5) is 19.0 Å². The number of carbonyl (C=O) groups excluding carboxylic acids is 3. The molecule has 0 unspecified atom stereocenters. The Morgan fingerprint density at radius 2 is 1.94 bits per heavy atom. The van der Waals surface area contributed by atoms with Gasteiger partial charge in [0.1, 0.15) is 5.70 Å². The number of pyridine rings is 1. The van der Waals surface area contributed by atoms with Crippen LogP contribution in [0.5, 0.6) is 0 Å². The van der Waals surface area contributed by atoms with Crippen molar-refractivity contribution in [1.29, 1.82) is 0 Å².